The summed E-state index contributed by atoms with van der Waals surface area (Å²) in [4.78, 5) is 10.8. The summed E-state index contributed by atoms with van der Waals surface area (Å²) in [5, 5.41) is 12.6. The van der Waals surface area contributed by atoms with Crippen molar-refractivity contribution in [1.82, 2.24) is 0 Å². The van der Waals surface area contributed by atoms with Gasteiger partial charge in [-0.2, -0.15) is 0 Å². The van der Waals surface area contributed by atoms with Crippen molar-refractivity contribution in [1.29, 1.82) is 0 Å². The van der Waals surface area contributed by atoms with Gasteiger partial charge in [0.05, 0.1) is 17.8 Å². The average molecular weight is 296 g/mol. The molecule has 1 aromatic heterocycles. The smallest absolute Gasteiger partial charge is 0.371 e. The lowest BCUT2D eigenvalue weighted by atomic mass is 10.2. The van der Waals surface area contributed by atoms with Gasteiger partial charge in [0.2, 0.25) is 5.76 Å². The highest BCUT2D eigenvalue weighted by atomic mass is 35.5. The molecule has 0 unspecified atom stereocenters. The van der Waals surface area contributed by atoms with E-state index in [9.17, 15) is 4.79 Å². The zero-order valence-electron chi connectivity index (χ0n) is 11.1. The Morgan fingerprint density at radius 3 is 2.80 bits per heavy atom. The largest absolute Gasteiger partial charge is 0.497 e. The molecular weight excluding hydrogens is 282 g/mol. The first-order valence-corrected chi connectivity index (χ1v) is 6.29. The fourth-order valence-electron chi connectivity index (χ4n) is 1.76. The Morgan fingerprint density at radius 1 is 1.45 bits per heavy atom. The van der Waals surface area contributed by atoms with Crippen LogP contribution in [-0.4, -0.2) is 18.2 Å². The van der Waals surface area contributed by atoms with Gasteiger partial charge in [-0.1, -0.05) is 11.6 Å². The summed E-state index contributed by atoms with van der Waals surface area (Å²) in [6, 6.07) is 6.77. The second-order valence-corrected chi connectivity index (χ2v) is 4.60. The van der Waals surface area contributed by atoms with Crippen LogP contribution in [0.4, 0.5) is 5.69 Å². The minimum atomic E-state index is -1.08. The van der Waals surface area contributed by atoms with Gasteiger partial charge in [-0.15, -0.1) is 0 Å². The first kappa shape index (κ1) is 14.3. The second kappa shape index (κ2) is 5.88. The summed E-state index contributed by atoms with van der Waals surface area (Å²) in [6.45, 7) is 2.13. The molecule has 0 aliphatic heterocycles. The number of carbonyl (C=O) groups is 1. The van der Waals surface area contributed by atoms with Gasteiger partial charge in [-0.25, -0.2) is 4.79 Å². The number of rotatable bonds is 5. The van der Waals surface area contributed by atoms with Crippen LogP contribution in [0.5, 0.6) is 5.75 Å². The van der Waals surface area contributed by atoms with Crippen LogP contribution in [0.2, 0.25) is 5.02 Å². The predicted molar refractivity (Wildman–Crippen MR) is 75.7 cm³/mol. The zero-order valence-corrected chi connectivity index (χ0v) is 11.8. The minimum absolute atomic E-state index is 0.0731. The van der Waals surface area contributed by atoms with E-state index in [0.29, 0.717) is 28.8 Å². The van der Waals surface area contributed by atoms with E-state index >= 15 is 0 Å². The van der Waals surface area contributed by atoms with E-state index in [4.69, 9.17) is 25.9 Å². The van der Waals surface area contributed by atoms with E-state index in [2.05, 4.69) is 5.32 Å². The molecule has 5 nitrogen and oxygen atoms in total. The van der Waals surface area contributed by atoms with Crippen LogP contribution in [0.15, 0.2) is 28.7 Å². The number of hydrogen-bond donors (Lipinski definition) is 2. The molecule has 0 fully saturated rings. The highest BCUT2D eigenvalue weighted by molar-refractivity contribution is 6.33. The van der Waals surface area contributed by atoms with Crippen molar-refractivity contribution in [3.05, 3.63) is 46.4 Å². The molecule has 0 radical (unpaired) electrons. The van der Waals surface area contributed by atoms with Gasteiger partial charge in [-0.05, 0) is 25.1 Å². The van der Waals surface area contributed by atoms with Crippen LogP contribution in [0.25, 0.3) is 0 Å². The Kier molecular flexibility index (Phi) is 4.20. The maximum absolute atomic E-state index is 10.8. The van der Waals surface area contributed by atoms with E-state index in [0.717, 1.165) is 5.56 Å². The molecule has 0 amide bonds. The average Bonchev–Trinajstić information content (AvgIpc) is 2.79. The van der Waals surface area contributed by atoms with Gasteiger partial charge in [0.15, 0.2) is 0 Å². The molecule has 0 bridgehead atoms. The molecule has 0 saturated heterocycles. The normalized spacial score (nSPS) is 10.3. The summed E-state index contributed by atoms with van der Waals surface area (Å²) in [6.07, 6.45) is 0. The fraction of sp³-hybridized carbons (Fsp3) is 0.214. The van der Waals surface area contributed by atoms with Crippen LogP contribution in [-0.2, 0) is 6.54 Å². The molecule has 6 heteroatoms. The van der Waals surface area contributed by atoms with E-state index in [1.807, 2.05) is 0 Å². The number of hydrogen-bond acceptors (Lipinski definition) is 4. The molecule has 0 atom stereocenters. The van der Waals surface area contributed by atoms with Gasteiger partial charge in [0.1, 0.15) is 11.5 Å². The Balaban J connectivity index is 2.14. The maximum atomic E-state index is 10.8. The Bertz CT molecular complexity index is 636. The highest BCUT2D eigenvalue weighted by Gasteiger charge is 2.13. The van der Waals surface area contributed by atoms with Crippen molar-refractivity contribution in [2.75, 3.05) is 12.4 Å². The number of benzene rings is 1. The van der Waals surface area contributed by atoms with Crippen molar-refractivity contribution in [2.45, 2.75) is 13.5 Å². The molecule has 0 saturated carbocycles. The van der Waals surface area contributed by atoms with E-state index in [1.165, 1.54) is 6.07 Å². The molecule has 2 N–H and O–H groups in total. The predicted octanol–water partition coefficient (Wildman–Crippen LogP) is 3.56. The molecular formula is C14H14ClNO4. The lowest BCUT2D eigenvalue weighted by molar-refractivity contribution is 0.0661. The molecule has 0 spiro atoms. The number of aromatic carboxylic acids is 1. The molecule has 0 aliphatic carbocycles. The van der Waals surface area contributed by atoms with Crippen molar-refractivity contribution in [2.24, 2.45) is 0 Å². The first-order valence-electron chi connectivity index (χ1n) is 5.91. The number of furan rings is 1. The summed E-state index contributed by atoms with van der Waals surface area (Å²) in [5.74, 6) is 0.0933. The molecule has 0 aliphatic rings. The number of carboxylic acid groups (broad SMARTS) is 1. The fourth-order valence-corrected chi connectivity index (χ4v) is 1.94. The number of carboxylic acids is 1. The van der Waals surface area contributed by atoms with E-state index in [1.54, 1.807) is 32.2 Å². The number of methoxy groups -OCH3 is 1. The van der Waals surface area contributed by atoms with Gasteiger partial charge < -0.3 is 19.6 Å². The monoisotopic (exact) mass is 295 g/mol. The SMILES string of the molecule is COc1ccc(Cl)c(NCc2cc(C(=O)O)oc2C)c1. The molecule has 20 heavy (non-hydrogen) atoms. The number of anilines is 1. The molecule has 106 valence electrons. The zero-order chi connectivity index (χ0) is 14.7. The van der Waals surface area contributed by atoms with Crippen LogP contribution in [0.3, 0.4) is 0 Å². The van der Waals surface area contributed by atoms with Gasteiger partial charge in [0, 0.05) is 18.2 Å². The van der Waals surface area contributed by atoms with Crippen molar-refractivity contribution in [3.8, 4) is 5.75 Å². The Morgan fingerprint density at radius 2 is 2.20 bits per heavy atom. The minimum Gasteiger partial charge on any atom is -0.497 e. The lowest BCUT2D eigenvalue weighted by Crippen LogP contribution is -2.00. The number of nitrogens with one attached hydrogen (secondary N) is 1. The standard InChI is InChI=1S/C14H14ClNO4/c1-8-9(5-13(20-8)14(17)18)7-16-12-6-10(19-2)3-4-11(12)15/h3-6,16H,7H2,1-2H3,(H,17,18). The molecule has 2 rings (SSSR count). The first-order chi connectivity index (χ1) is 9.51. The summed E-state index contributed by atoms with van der Waals surface area (Å²) >= 11 is 6.08. The third-order valence-corrected chi connectivity index (χ3v) is 3.20. The molecule has 1 aromatic carbocycles. The van der Waals surface area contributed by atoms with Crippen LogP contribution in [0, 0.1) is 6.92 Å². The van der Waals surface area contributed by atoms with Gasteiger partial charge >= 0.3 is 5.97 Å². The molecule has 1 heterocycles. The summed E-state index contributed by atoms with van der Waals surface area (Å²) < 4.78 is 10.3. The lowest BCUT2D eigenvalue weighted by Gasteiger charge is -2.09. The quantitative estimate of drug-likeness (QED) is 0.882. The number of aryl methyl sites for hydroxylation is 1. The Hall–Kier alpha value is -2.14. The van der Waals surface area contributed by atoms with Crippen molar-refractivity contribution >= 4 is 23.3 Å². The van der Waals surface area contributed by atoms with Gasteiger partial charge in [-0.3, -0.25) is 0 Å². The van der Waals surface area contributed by atoms with Gasteiger partial charge in [0.25, 0.3) is 0 Å². The van der Waals surface area contributed by atoms with Crippen molar-refractivity contribution in [3.63, 3.8) is 0 Å². The number of halogens is 1. The van der Waals surface area contributed by atoms with E-state index in [-0.39, 0.29) is 5.76 Å². The number of ether oxygens (including phenoxy) is 1. The summed E-state index contributed by atoms with van der Waals surface area (Å²) in [7, 11) is 1.58. The third kappa shape index (κ3) is 3.05. The summed E-state index contributed by atoms with van der Waals surface area (Å²) in [5.41, 5.74) is 1.48. The molecule has 2 aromatic rings. The topological polar surface area (TPSA) is 71.7 Å². The van der Waals surface area contributed by atoms with Crippen LogP contribution in [0.1, 0.15) is 21.9 Å². The van der Waals surface area contributed by atoms with Crippen molar-refractivity contribution < 1.29 is 19.1 Å². The third-order valence-electron chi connectivity index (χ3n) is 2.87. The van der Waals surface area contributed by atoms with Crippen LogP contribution < -0.4 is 10.1 Å². The van der Waals surface area contributed by atoms with E-state index < -0.39 is 5.97 Å². The highest BCUT2D eigenvalue weighted by Crippen LogP contribution is 2.27. The second-order valence-electron chi connectivity index (χ2n) is 4.20. The maximum Gasteiger partial charge on any atom is 0.371 e. The van der Waals surface area contributed by atoms with Crippen LogP contribution >= 0.6 is 11.6 Å². The Labute approximate surface area is 121 Å².